The lowest BCUT2D eigenvalue weighted by Gasteiger charge is -2.13. The summed E-state index contributed by atoms with van der Waals surface area (Å²) in [4.78, 5) is 3.87. The molecule has 2 aromatic carbocycles. The van der Waals surface area contributed by atoms with Gasteiger partial charge in [0.25, 0.3) is 0 Å². The Morgan fingerprint density at radius 3 is 2.36 bits per heavy atom. The lowest BCUT2D eigenvalue weighted by atomic mass is 10.2. The first kappa shape index (κ1) is 15.1. The van der Waals surface area contributed by atoms with Crippen LogP contribution in [0.1, 0.15) is 0 Å². The molecule has 0 fully saturated rings. The molecular weight excluding hydrogens is 404 g/mol. The highest BCUT2D eigenvalue weighted by molar-refractivity contribution is 14.1. The summed E-state index contributed by atoms with van der Waals surface area (Å²) in [6, 6.07) is 15.3. The van der Waals surface area contributed by atoms with Crippen LogP contribution in [0, 0.1) is 3.57 Å². The fourth-order valence-electron chi connectivity index (χ4n) is 2.18. The van der Waals surface area contributed by atoms with Gasteiger partial charge in [-0.15, -0.1) is 0 Å². The predicted octanol–water partition coefficient (Wildman–Crippen LogP) is 5.39. The molecule has 1 aromatic heterocycles. The summed E-state index contributed by atoms with van der Waals surface area (Å²) in [6.07, 6.45) is -3.16. The zero-order valence-corrected chi connectivity index (χ0v) is 13.3. The van der Waals surface area contributed by atoms with E-state index in [2.05, 4.69) is 4.99 Å². The average molecular weight is 414 g/mol. The molecule has 22 heavy (non-hydrogen) atoms. The molecule has 0 saturated heterocycles. The predicted molar refractivity (Wildman–Crippen MR) is 89.6 cm³/mol. The van der Waals surface area contributed by atoms with Crippen LogP contribution in [0.15, 0.2) is 65.8 Å². The number of aromatic nitrogens is 1. The Labute approximate surface area is 138 Å². The number of alkyl halides is 3. The molecule has 112 valence electrons. The van der Waals surface area contributed by atoms with Crippen LogP contribution in [0.3, 0.4) is 0 Å². The van der Waals surface area contributed by atoms with E-state index >= 15 is 0 Å². The van der Waals surface area contributed by atoms with Gasteiger partial charge in [0.15, 0.2) is 0 Å². The monoisotopic (exact) mass is 414 g/mol. The van der Waals surface area contributed by atoms with E-state index in [1.165, 1.54) is 6.20 Å². The van der Waals surface area contributed by atoms with Gasteiger partial charge in [-0.3, -0.25) is 4.57 Å². The number of halogens is 4. The minimum absolute atomic E-state index is 0.299. The summed E-state index contributed by atoms with van der Waals surface area (Å²) >= 11 is 1.97. The van der Waals surface area contributed by atoms with Crippen molar-refractivity contribution in [1.29, 1.82) is 0 Å². The number of hydrogen-bond acceptors (Lipinski definition) is 1. The van der Waals surface area contributed by atoms with Gasteiger partial charge in [0, 0.05) is 9.77 Å². The zero-order chi connectivity index (χ0) is 15.7. The Balaban J connectivity index is 2.22. The van der Waals surface area contributed by atoms with Gasteiger partial charge in [0.05, 0.1) is 11.2 Å². The van der Waals surface area contributed by atoms with Crippen LogP contribution < -0.4 is 0 Å². The Morgan fingerprint density at radius 1 is 0.955 bits per heavy atom. The smallest absolute Gasteiger partial charge is 0.297 e. The normalized spacial score (nSPS) is 12.8. The third kappa shape index (κ3) is 2.87. The SMILES string of the molecule is FC(F)(F)C(=Nc1ccccc1I)n1ccc2ccccc21. The van der Waals surface area contributed by atoms with Crippen molar-refractivity contribution in [3.63, 3.8) is 0 Å². The van der Waals surface area contributed by atoms with Crippen molar-refractivity contribution in [2.75, 3.05) is 0 Å². The molecule has 0 N–H and O–H groups in total. The number of hydrogen-bond donors (Lipinski definition) is 0. The van der Waals surface area contributed by atoms with Crippen LogP contribution in [0.4, 0.5) is 18.9 Å². The van der Waals surface area contributed by atoms with Gasteiger partial charge >= 0.3 is 6.18 Å². The molecule has 0 saturated carbocycles. The second-order valence-electron chi connectivity index (χ2n) is 4.63. The second kappa shape index (κ2) is 5.75. The van der Waals surface area contributed by atoms with Gasteiger partial charge in [-0.05, 0) is 52.2 Å². The van der Waals surface area contributed by atoms with E-state index in [4.69, 9.17) is 0 Å². The van der Waals surface area contributed by atoms with E-state index in [9.17, 15) is 13.2 Å². The van der Waals surface area contributed by atoms with Crippen LogP contribution in [0.25, 0.3) is 10.9 Å². The van der Waals surface area contributed by atoms with Crippen LogP contribution in [0.2, 0.25) is 0 Å². The van der Waals surface area contributed by atoms with Gasteiger partial charge in [-0.2, -0.15) is 13.2 Å². The minimum atomic E-state index is -4.55. The van der Waals surface area contributed by atoms with Gasteiger partial charge in [0.2, 0.25) is 5.84 Å². The van der Waals surface area contributed by atoms with Crippen molar-refractivity contribution in [2.45, 2.75) is 6.18 Å². The van der Waals surface area contributed by atoms with E-state index in [0.717, 1.165) is 9.95 Å². The van der Waals surface area contributed by atoms with Crippen LogP contribution >= 0.6 is 22.6 Å². The summed E-state index contributed by atoms with van der Waals surface area (Å²) in [5, 5.41) is 0.738. The summed E-state index contributed by atoms with van der Waals surface area (Å²) in [5.41, 5.74) is 0.776. The Bertz CT molecular complexity index is 850. The third-order valence-corrected chi connectivity index (χ3v) is 4.07. The van der Waals surface area contributed by atoms with E-state index in [-0.39, 0.29) is 0 Å². The highest BCUT2D eigenvalue weighted by atomic mass is 127. The van der Waals surface area contributed by atoms with Crippen molar-refractivity contribution < 1.29 is 13.2 Å². The molecule has 0 aliphatic carbocycles. The first-order chi connectivity index (χ1) is 10.5. The van der Waals surface area contributed by atoms with Crippen molar-refractivity contribution in [3.8, 4) is 0 Å². The molecule has 0 bridgehead atoms. The maximum Gasteiger partial charge on any atom is 0.450 e. The molecule has 1 heterocycles. The quantitative estimate of drug-likeness (QED) is 0.289. The van der Waals surface area contributed by atoms with Crippen molar-refractivity contribution in [3.05, 3.63) is 64.4 Å². The fourth-order valence-corrected chi connectivity index (χ4v) is 2.69. The first-order valence-electron chi connectivity index (χ1n) is 6.44. The maximum absolute atomic E-state index is 13.5. The lowest BCUT2D eigenvalue weighted by molar-refractivity contribution is -0.0613. The molecule has 0 amide bonds. The van der Waals surface area contributed by atoms with Crippen molar-refractivity contribution in [1.82, 2.24) is 4.57 Å². The number of para-hydroxylation sites is 2. The summed E-state index contributed by atoms with van der Waals surface area (Å²) in [5.74, 6) is -0.946. The van der Waals surface area contributed by atoms with Gasteiger partial charge in [-0.1, -0.05) is 30.3 Å². The van der Waals surface area contributed by atoms with Crippen molar-refractivity contribution >= 4 is 45.0 Å². The van der Waals surface area contributed by atoms with E-state index < -0.39 is 12.0 Å². The topological polar surface area (TPSA) is 17.3 Å². The second-order valence-corrected chi connectivity index (χ2v) is 5.79. The first-order valence-corrected chi connectivity index (χ1v) is 7.51. The molecule has 3 aromatic rings. The number of rotatable bonds is 1. The molecule has 6 heteroatoms. The number of nitrogens with zero attached hydrogens (tertiary/aromatic N) is 2. The van der Waals surface area contributed by atoms with Gasteiger partial charge in [-0.25, -0.2) is 4.99 Å². The molecular formula is C16H10F3IN2. The Kier molecular flexibility index (Phi) is 3.94. The number of benzene rings is 2. The molecule has 0 unspecified atom stereocenters. The molecule has 2 nitrogen and oxygen atoms in total. The highest BCUT2D eigenvalue weighted by Crippen LogP contribution is 2.28. The maximum atomic E-state index is 13.5. The molecule has 0 aliphatic heterocycles. The third-order valence-electron chi connectivity index (χ3n) is 3.16. The van der Waals surface area contributed by atoms with E-state index in [1.807, 2.05) is 22.6 Å². The largest absolute Gasteiger partial charge is 0.450 e. The fraction of sp³-hybridized carbons (Fsp3) is 0.0625. The average Bonchev–Trinajstić information content (AvgIpc) is 2.89. The van der Waals surface area contributed by atoms with E-state index in [0.29, 0.717) is 14.8 Å². The Morgan fingerprint density at radius 2 is 1.64 bits per heavy atom. The van der Waals surface area contributed by atoms with Gasteiger partial charge < -0.3 is 0 Å². The van der Waals surface area contributed by atoms with E-state index in [1.54, 1.807) is 54.6 Å². The van der Waals surface area contributed by atoms with Gasteiger partial charge in [0.1, 0.15) is 0 Å². The van der Waals surface area contributed by atoms with Crippen molar-refractivity contribution in [2.24, 2.45) is 4.99 Å². The Hall–Kier alpha value is -1.83. The minimum Gasteiger partial charge on any atom is -0.297 e. The standard InChI is InChI=1S/C16H10F3IN2/c17-16(18,19)15(21-13-7-3-2-6-12(13)20)22-10-9-11-5-1-4-8-14(11)22/h1-10H. The molecule has 0 spiro atoms. The van der Waals surface area contributed by atoms with Crippen LogP contribution in [-0.2, 0) is 0 Å². The number of fused-ring (bicyclic) bond motifs is 1. The summed E-state index contributed by atoms with van der Waals surface area (Å²) in [6.45, 7) is 0. The molecule has 0 atom stereocenters. The highest BCUT2D eigenvalue weighted by Gasteiger charge is 2.38. The molecule has 3 rings (SSSR count). The summed E-state index contributed by atoms with van der Waals surface area (Å²) < 4.78 is 42.2. The molecule has 0 aliphatic rings. The summed E-state index contributed by atoms with van der Waals surface area (Å²) in [7, 11) is 0. The zero-order valence-electron chi connectivity index (χ0n) is 11.2. The van der Waals surface area contributed by atoms with Crippen LogP contribution in [-0.4, -0.2) is 16.6 Å². The molecule has 0 radical (unpaired) electrons. The number of aliphatic imine (C=N–C) groups is 1. The van der Waals surface area contributed by atoms with Crippen LogP contribution in [0.5, 0.6) is 0 Å². The lowest BCUT2D eigenvalue weighted by Crippen LogP contribution is -2.29.